The summed E-state index contributed by atoms with van der Waals surface area (Å²) in [4.78, 5) is 27.3. The Bertz CT molecular complexity index is 494. The van der Waals surface area contributed by atoms with Crippen LogP contribution in [0, 0.1) is 5.92 Å². The van der Waals surface area contributed by atoms with Crippen LogP contribution in [0.25, 0.3) is 0 Å². The number of rotatable bonds is 5. The normalized spacial score (nSPS) is 23.0. The van der Waals surface area contributed by atoms with Crippen LogP contribution >= 0.6 is 11.3 Å². The van der Waals surface area contributed by atoms with Gasteiger partial charge in [0.05, 0.1) is 6.54 Å². The molecule has 2 fully saturated rings. The Labute approximate surface area is 129 Å². The van der Waals surface area contributed by atoms with Crippen molar-refractivity contribution in [2.24, 2.45) is 5.92 Å². The number of amides is 2. The predicted octanol–water partition coefficient (Wildman–Crippen LogP) is 2.55. The lowest BCUT2D eigenvalue weighted by molar-refractivity contribution is -0.135. The van der Waals surface area contributed by atoms with E-state index < -0.39 is 0 Å². The fourth-order valence-electron chi connectivity index (χ4n) is 3.35. The smallest absolute Gasteiger partial charge is 0.242 e. The van der Waals surface area contributed by atoms with E-state index in [1.807, 2.05) is 17.5 Å². The first-order chi connectivity index (χ1) is 10.2. The number of nitrogens with one attached hydrogen (secondary N) is 1. The minimum Gasteiger partial charge on any atom is -0.354 e. The topological polar surface area (TPSA) is 49.4 Å². The molecular weight excluding hydrogens is 284 g/mol. The van der Waals surface area contributed by atoms with Gasteiger partial charge in [-0.1, -0.05) is 18.9 Å². The van der Waals surface area contributed by atoms with Crippen LogP contribution in [-0.4, -0.2) is 29.3 Å². The lowest BCUT2D eigenvalue weighted by atomic mass is 10.1. The van der Waals surface area contributed by atoms with Crippen molar-refractivity contribution in [2.45, 2.75) is 51.1 Å². The van der Waals surface area contributed by atoms with Gasteiger partial charge in [-0.3, -0.25) is 9.59 Å². The summed E-state index contributed by atoms with van der Waals surface area (Å²) in [6, 6.07) is 3.72. The van der Waals surface area contributed by atoms with Crippen molar-refractivity contribution in [1.29, 1.82) is 0 Å². The van der Waals surface area contributed by atoms with Gasteiger partial charge < -0.3 is 10.2 Å². The standard InChI is InChI=1S/C16H22N2O2S/c19-15-8-7-14(18(15)11-13-6-3-9-21-13)16(20)17-10-12-4-1-2-5-12/h3,6,9,12,14H,1-2,4-5,7-8,10-11H2,(H,17,20). The molecule has 0 bridgehead atoms. The maximum Gasteiger partial charge on any atom is 0.242 e. The van der Waals surface area contributed by atoms with Crippen molar-refractivity contribution in [2.75, 3.05) is 6.54 Å². The second kappa shape index (κ2) is 6.60. The lowest BCUT2D eigenvalue weighted by Gasteiger charge is -2.24. The first-order valence-electron chi connectivity index (χ1n) is 7.83. The SMILES string of the molecule is O=C(NCC1CCCC1)C1CCC(=O)N1Cc1cccs1. The Balaban J connectivity index is 1.56. The second-order valence-corrected chi connectivity index (χ2v) is 7.08. The van der Waals surface area contributed by atoms with Gasteiger partial charge in [-0.05, 0) is 36.6 Å². The molecule has 1 aromatic heterocycles. The number of nitrogens with zero attached hydrogens (tertiary/aromatic N) is 1. The van der Waals surface area contributed by atoms with Crippen LogP contribution in [0.15, 0.2) is 17.5 Å². The summed E-state index contributed by atoms with van der Waals surface area (Å²) in [6.07, 6.45) is 6.17. The highest BCUT2D eigenvalue weighted by Gasteiger charge is 2.36. The Morgan fingerprint density at radius 1 is 1.33 bits per heavy atom. The Kier molecular flexibility index (Phi) is 4.58. The molecule has 1 N–H and O–H groups in total. The zero-order valence-corrected chi connectivity index (χ0v) is 13.0. The van der Waals surface area contributed by atoms with Gasteiger partial charge in [0.15, 0.2) is 0 Å². The molecule has 2 aliphatic rings. The van der Waals surface area contributed by atoms with Crippen LogP contribution in [0.3, 0.4) is 0 Å². The summed E-state index contributed by atoms with van der Waals surface area (Å²) in [6.45, 7) is 1.34. The van der Waals surface area contributed by atoms with Gasteiger partial charge in [-0.25, -0.2) is 0 Å². The van der Waals surface area contributed by atoms with Crippen LogP contribution in [0.4, 0.5) is 0 Å². The van der Waals surface area contributed by atoms with Crippen LogP contribution in [-0.2, 0) is 16.1 Å². The molecule has 114 valence electrons. The van der Waals surface area contributed by atoms with Gasteiger partial charge in [0.2, 0.25) is 11.8 Å². The molecule has 21 heavy (non-hydrogen) atoms. The maximum absolute atomic E-state index is 12.4. The summed E-state index contributed by atoms with van der Waals surface area (Å²) < 4.78 is 0. The minimum absolute atomic E-state index is 0.0318. The molecule has 2 heterocycles. The second-order valence-electron chi connectivity index (χ2n) is 6.05. The summed E-state index contributed by atoms with van der Waals surface area (Å²) in [7, 11) is 0. The number of hydrogen-bond donors (Lipinski definition) is 1. The largest absolute Gasteiger partial charge is 0.354 e. The molecule has 1 aliphatic carbocycles. The fourth-order valence-corrected chi connectivity index (χ4v) is 4.05. The van der Waals surface area contributed by atoms with Crippen LogP contribution in [0.2, 0.25) is 0 Å². The van der Waals surface area contributed by atoms with Gasteiger partial charge >= 0.3 is 0 Å². The number of likely N-dealkylation sites (tertiary alicyclic amines) is 1. The molecule has 0 radical (unpaired) electrons. The van der Waals surface area contributed by atoms with E-state index in [1.54, 1.807) is 16.2 Å². The highest BCUT2D eigenvalue weighted by molar-refractivity contribution is 7.09. The maximum atomic E-state index is 12.4. The zero-order valence-electron chi connectivity index (χ0n) is 12.2. The van der Waals surface area contributed by atoms with Crippen molar-refractivity contribution < 1.29 is 9.59 Å². The van der Waals surface area contributed by atoms with E-state index in [1.165, 1.54) is 25.7 Å². The summed E-state index contributed by atoms with van der Waals surface area (Å²) in [5.74, 6) is 0.769. The first kappa shape index (κ1) is 14.6. The van der Waals surface area contributed by atoms with Gasteiger partial charge in [-0.15, -0.1) is 11.3 Å². The average molecular weight is 306 g/mol. The summed E-state index contributed by atoms with van der Waals surface area (Å²) in [5.41, 5.74) is 0. The van der Waals surface area contributed by atoms with Gasteiger partial charge in [0.25, 0.3) is 0 Å². The van der Waals surface area contributed by atoms with Crippen molar-refractivity contribution in [1.82, 2.24) is 10.2 Å². The molecule has 0 spiro atoms. The molecule has 1 saturated carbocycles. The molecule has 4 nitrogen and oxygen atoms in total. The number of thiophene rings is 1. The number of carbonyl (C=O) groups is 2. The molecule has 2 amide bonds. The van der Waals surface area contributed by atoms with E-state index in [9.17, 15) is 9.59 Å². The molecule has 0 aromatic carbocycles. The van der Waals surface area contributed by atoms with E-state index in [2.05, 4.69) is 5.32 Å². The van der Waals surface area contributed by atoms with Crippen molar-refractivity contribution >= 4 is 23.2 Å². The molecule has 1 aliphatic heterocycles. The van der Waals surface area contributed by atoms with E-state index in [4.69, 9.17) is 0 Å². The molecule has 1 saturated heterocycles. The Hall–Kier alpha value is -1.36. The molecule has 5 heteroatoms. The first-order valence-corrected chi connectivity index (χ1v) is 8.71. The molecular formula is C16H22N2O2S. The minimum atomic E-state index is -0.277. The quantitative estimate of drug-likeness (QED) is 0.909. The predicted molar refractivity (Wildman–Crippen MR) is 82.9 cm³/mol. The van der Waals surface area contributed by atoms with Gasteiger partial charge in [0.1, 0.15) is 6.04 Å². The third-order valence-electron chi connectivity index (χ3n) is 4.58. The summed E-state index contributed by atoms with van der Waals surface area (Å²) in [5, 5.41) is 5.07. The van der Waals surface area contributed by atoms with Crippen LogP contribution in [0.1, 0.15) is 43.4 Å². The van der Waals surface area contributed by atoms with Crippen molar-refractivity contribution in [3.8, 4) is 0 Å². The zero-order chi connectivity index (χ0) is 14.7. The fraction of sp³-hybridized carbons (Fsp3) is 0.625. The lowest BCUT2D eigenvalue weighted by Crippen LogP contribution is -2.45. The molecule has 1 unspecified atom stereocenters. The third-order valence-corrected chi connectivity index (χ3v) is 5.44. The monoisotopic (exact) mass is 306 g/mol. The van der Waals surface area contributed by atoms with E-state index in [-0.39, 0.29) is 17.9 Å². The van der Waals surface area contributed by atoms with Crippen molar-refractivity contribution in [3.05, 3.63) is 22.4 Å². The Morgan fingerprint density at radius 3 is 2.86 bits per heavy atom. The average Bonchev–Trinajstić information content (AvgIpc) is 3.21. The Morgan fingerprint density at radius 2 is 2.14 bits per heavy atom. The highest BCUT2D eigenvalue weighted by atomic mass is 32.1. The molecule has 3 rings (SSSR count). The van der Waals surface area contributed by atoms with Crippen LogP contribution < -0.4 is 5.32 Å². The molecule has 1 atom stereocenters. The number of carbonyl (C=O) groups excluding carboxylic acids is 2. The summed E-state index contributed by atoms with van der Waals surface area (Å²) >= 11 is 1.63. The number of hydrogen-bond acceptors (Lipinski definition) is 3. The van der Waals surface area contributed by atoms with E-state index >= 15 is 0 Å². The van der Waals surface area contributed by atoms with Gasteiger partial charge in [0, 0.05) is 17.8 Å². The highest BCUT2D eigenvalue weighted by Crippen LogP contribution is 2.25. The molecule has 1 aromatic rings. The van der Waals surface area contributed by atoms with Crippen LogP contribution in [0.5, 0.6) is 0 Å². The van der Waals surface area contributed by atoms with E-state index in [0.717, 1.165) is 11.4 Å². The van der Waals surface area contributed by atoms with Crippen molar-refractivity contribution in [3.63, 3.8) is 0 Å². The third kappa shape index (κ3) is 3.46. The van der Waals surface area contributed by atoms with Gasteiger partial charge in [-0.2, -0.15) is 0 Å². The van der Waals surface area contributed by atoms with E-state index in [0.29, 0.717) is 25.3 Å².